The second-order valence-corrected chi connectivity index (χ2v) is 2.78. The molecule has 0 aromatic heterocycles. The molecule has 4 nitrogen and oxygen atoms in total. The summed E-state index contributed by atoms with van der Waals surface area (Å²) >= 11 is 0. The van der Waals surface area contributed by atoms with E-state index in [4.69, 9.17) is 5.11 Å². The van der Waals surface area contributed by atoms with Gasteiger partial charge < -0.3 is 10.8 Å². The van der Waals surface area contributed by atoms with Crippen molar-refractivity contribution in [3.8, 4) is 0 Å². The lowest BCUT2D eigenvalue weighted by molar-refractivity contribution is -0.115. The van der Waals surface area contributed by atoms with E-state index in [1.807, 2.05) is 6.92 Å². The van der Waals surface area contributed by atoms with Crippen molar-refractivity contribution < 1.29 is 14.7 Å². The van der Waals surface area contributed by atoms with Gasteiger partial charge in [0.05, 0.1) is 5.56 Å². The predicted octanol–water partition coefficient (Wildman–Crippen LogP) is 1.18. The molecule has 0 aliphatic carbocycles. The average Bonchev–Trinajstić information content (AvgIpc) is 2.03. The van der Waals surface area contributed by atoms with Gasteiger partial charge in [0.25, 0.3) is 0 Å². The summed E-state index contributed by atoms with van der Waals surface area (Å²) in [6.07, 6.45) is 0. The molecule has 0 aliphatic rings. The van der Waals surface area contributed by atoms with E-state index in [2.05, 4.69) is 5.73 Å². The van der Waals surface area contributed by atoms with Crippen LogP contribution in [0.2, 0.25) is 0 Å². The van der Waals surface area contributed by atoms with Gasteiger partial charge in [-0.3, -0.25) is 4.79 Å². The van der Waals surface area contributed by atoms with Crippen LogP contribution in [0.3, 0.4) is 0 Å². The van der Waals surface area contributed by atoms with E-state index in [0.717, 1.165) is 5.56 Å². The van der Waals surface area contributed by atoms with Gasteiger partial charge in [-0.2, -0.15) is 0 Å². The van der Waals surface area contributed by atoms with Crippen LogP contribution in [0.1, 0.15) is 22.8 Å². The molecule has 4 heteroatoms. The smallest absolute Gasteiger partial charge is 0.335 e. The van der Waals surface area contributed by atoms with Gasteiger partial charge in [-0.05, 0) is 19.1 Å². The molecular weight excluding hydrogens is 182 g/mol. The van der Waals surface area contributed by atoms with Crippen LogP contribution >= 0.6 is 0 Å². The Balaban J connectivity index is 0.000000364. The summed E-state index contributed by atoms with van der Waals surface area (Å²) in [5, 5.41) is 8.48. The molecule has 0 fully saturated rings. The lowest BCUT2D eigenvalue weighted by atomic mass is 10.2. The van der Waals surface area contributed by atoms with E-state index in [9.17, 15) is 9.59 Å². The normalized spacial score (nSPS) is 8.43. The number of rotatable bonds is 1. The van der Waals surface area contributed by atoms with Crippen molar-refractivity contribution in [1.82, 2.24) is 0 Å². The van der Waals surface area contributed by atoms with Crippen molar-refractivity contribution in [1.29, 1.82) is 0 Å². The number of carbonyl (C=O) groups is 2. The third kappa shape index (κ3) is 5.77. The number of hydrogen-bond acceptors (Lipinski definition) is 2. The van der Waals surface area contributed by atoms with E-state index in [0.29, 0.717) is 5.56 Å². The Morgan fingerprint density at radius 1 is 1.21 bits per heavy atom. The number of aromatic carboxylic acids is 1. The number of carboxylic acids is 1. The molecule has 0 atom stereocenters. The molecule has 1 rings (SSSR count). The number of carbonyl (C=O) groups excluding carboxylic acids is 1. The Morgan fingerprint density at radius 2 is 1.57 bits per heavy atom. The maximum atomic E-state index is 10.3. The fourth-order valence-electron chi connectivity index (χ4n) is 0.696. The summed E-state index contributed by atoms with van der Waals surface area (Å²) in [6, 6.07) is 6.75. The Labute approximate surface area is 82.4 Å². The molecule has 14 heavy (non-hydrogen) atoms. The number of primary amides is 1. The minimum atomic E-state index is -0.875. The molecule has 0 heterocycles. The number of hydrogen-bond donors (Lipinski definition) is 2. The van der Waals surface area contributed by atoms with E-state index in [-0.39, 0.29) is 5.91 Å². The van der Waals surface area contributed by atoms with Crippen LogP contribution in [-0.4, -0.2) is 17.0 Å². The lowest BCUT2D eigenvalue weighted by Crippen LogP contribution is -2.01. The fraction of sp³-hybridized carbons (Fsp3) is 0.200. The summed E-state index contributed by atoms with van der Waals surface area (Å²) in [4.78, 5) is 19.5. The molecule has 0 aliphatic heterocycles. The van der Waals surface area contributed by atoms with E-state index >= 15 is 0 Å². The minimum absolute atomic E-state index is 0.333. The van der Waals surface area contributed by atoms with E-state index < -0.39 is 5.97 Å². The highest BCUT2D eigenvalue weighted by Crippen LogP contribution is 2.01. The highest BCUT2D eigenvalue weighted by atomic mass is 16.4. The van der Waals surface area contributed by atoms with Crippen molar-refractivity contribution in [2.45, 2.75) is 13.8 Å². The van der Waals surface area contributed by atoms with Gasteiger partial charge in [0.1, 0.15) is 0 Å². The van der Waals surface area contributed by atoms with Gasteiger partial charge in [-0.1, -0.05) is 17.7 Å². The number of amides is 1. The van der Waals surface area contributed by atoms with Crippen molar-refractivity contribution in [3.05, 3.63) is 35.4 Å². The van der Waals surface area contributed by atoms with Crippen molar-refractivity contribution in [3.63, 3.8) is 0 Å². The standard InChI is InChI=1S/C8H8O2.C2H5NO/c1-6-2-4-7(5-3-6)8(9)10;1-2(3)4/h2-5H,1H3,(H,9,10);1H3,(H2,3,4). The molecule has 0 unspecified atom stereocenters. The van der Waals surface area contributed by atoms with Crippen molar-refractivity contribution in [2.24, 2.45) is 5.73 Å². The van der Waals surface area contributed by atoms with Crippen molar-refractivity contribution >= 4 is 11.9 Å². The first kappa shape index (κ1) is 12.2. The maximum Gasteiger partial charge on any atom is 0.335 e. The molecule has 3 N–H and O–H groups in total. The van der Waals surface area contributed by atoms with Gasteiger partial charge in [0, 0.05) is 6.92 Å². The van der Waals surface area contributed by atoms with Gasteiger partial charge in [0.2, 0.25) is 5.91 Å². The molecule has 1 aromatic carbocycles. The van der Waals surface area contributed by atoms with Gasteiger partial charge in [-0.15, -0.1) is 0 Å². The summed E-state index contributed by atoms with van der Waals surface area (Å²) in [6.45, 7) is 3.23. The quantitative estimate of drug-likeness (QED) is 0.706. The third-order valence-corrected chi connectivity index (χ3v) is 1.30. The average molecular weight is 195 g/mol. The molecular formula is C10H13NO3. The highest BCUT2D eigenvalue weighted by Gasteiger charge is 1.98. The zero-order chi connectivity index (χ0) is 11.1. The SMILES string of the molecule is CC(N)=O.Cc1ccc(C(=O)O)cc1. The zero-order valence-corrected chi connectivity index (χ0v) is 8.15. The number of aryl methyl sites for hydroxylation is 1. The first-order chi connectivity index (χ1) is 6.43. The largest absolute Gasteiger partial charge is 0.478 e. The number of nitrogens with two attached hydrogens (primary N) is 1. The summed E-state index contributed by atoms with van der Waals surface area (Å²) in [7, 11) is 0. The monoisotopic (exact) mass is 195 g/mol. The minimum Gasteiger partial charge on any atom is -0.478 e. The molecule has 0 radical (unpaired) electrons. The van der Waals surface area contributed by atoms with Crippen LogP contribution in [0.25, 0.3) is 0 Å². The van der Waals surface area contributed by atoms with Crippen LogP contribution in [0.5, 0.6) is 0 Å². The molecule has 0 saturated carbocycles. The molecule has 76 valence electrons. The van der Waals surface area contributed by atoms with Gasteiger partial charge in [0.15, 0.2) is 0 Å². The summed E-state index contributed by atoms with van der Waals surface area (Å²) in [5.41, 5.74) is 5.88. The summed E-state index contributed by atoms with van der Waals surface area (Å²) in [5.74, 6) is -1.21. The Kier molecular flexibility index (Phi) is 4.99. The second kappa shape index (κ2) is 5.75. The molecule has 1 aromatic rings. The number of carboxylic acid groups (broad SMARTS) is 1. The Bertz CT molecular complexity index is 313. The van der Waals surface area contributed by atoms with Crippen molar-refractivity contribution in [2.75, 3.05) is 0 Å². The zero-order valence-electron chi connectivity index (χ0n) is 8.15. The molecule has 0 bridgehead atoms. The first-order valence-corrected chi connectivity index (χ1v) is 3.99. The predicted molar refractivity (Wildman–Crippen MR) is 53.0 cm³/mol. The van der Waals surface area contributed by atoms with Crippen LogP contribution in [0, 0.1) is 6.92 Å². The fourth-order valence-corrected chi connectivity index (χ4v) is 0.696. The first-order valence-electron chi connectivity index (χ1n) is 3.99. The van der Waals surface area contributed by atoms with E-state index in [1.54, 1.807) is 24.3 Å². The van der Waals surface area contributed by atoms with E-state index in [1.165, 1.54) is 6.92 Å². The topological polar surface area (TPSA) is 80.4 Å². The second-order valence-electron chi connectivity index (χ2n) is 2.78. The number of benzene rings is 1. The maximum absolute atomic E-state index is 10.3. The summed E-state index contributed by atoms with van der Waals surface area (Å²) < 4.78 is 0. The molecule has 1 amide bonds. The molecule has 0 spiro atoms. The highest BCUT2D eigenvalue weighted by molar-refractivity contribution is 5.87. The van der Waals surface area contributed by atoms with Gasteiger partial charge in [-0.25, -0.2) is 4.79 Å². The Morgan fingerprint density at radius 3 is 1.86 bits per heavy atom. The van der Waals surface area contributed by atoms with Crippen LogP contribution in [0.15, 0.2) is 24.3 Å². The van der Waals surface area contributed by atoms with Crippen LogP contribution in [0.4, 0.5) is 0 Å². The Hall–Kier alpha value is -1.84. The van der Waals surface area contributed by atoms with Crippen LogP contribution < -0.4 is 5.73 Å². The third-order valence-electron chi connectivity index (χ3n) is 1.30. The lowest BCUT2D eigenvalue weighted by Gasteiger charge is -1.92. The van der Waals surface area contributed by atoms with Crippen LogP contribution in [-0.2, 0) is 4.79 Å². The molecule has 0 saturated heterocycles. The van der Waals surface area contributed by atoms with Gasteiger partial charge >= 0.3 is 5.97 Å².